The van der Waals surface area contributed by atoms with Gasteiger partial charge in [0.1, 0.15) is 5.60 Å². The minimum absolute atomic E-state index is 0.375. The zero-order valence-electron chi connectivity index (χ0n) is 9.66. The second kappa shape index (κ2) is 4.45. The SMILES string of the molecule is CCOC1(C)C=CC(C(C)C)CC1O. The third-order valence-corrected chi connectivity index (χ3v) is 3.14. The van der Waals surface area contributed by atoms with Crippen LogP contribution in [-0.4, -0.2) is 23.4 Å². The maximum Gasteiger partial charge on any atom is 0.109 e. The molecule has 0 saturated heterocycles. The van der Waals surface area contributed by atoms with Crippen molar-refractivity contribution in [3.8, 4) is 0 Å². The molecule has 1 N–H and O–H groups in total. The monoisotopic (exact) mass is 198 g/mol. The second-order valence-corrected chi connectivity index (χ2v) is 4.64. The van der Waals surface area contributed by atoms with Gasteiger partial charge < -0.3 is 9.84 Å². The molecule has 0 aliphatic heterocycles. The number of rotatable bonds is 3. The predicted octanol–water partition coefficient (Wildman–Crippen LogP) is 2.37. The fourth-order valence-corrected chi connectivity index (χ4v) is 1.95. The number of hydrogen-bond donors (Lipinski definition) is 1. The molecule has 0 fully saturated rings. The molecule has 0 aromatic rings. The summed E-state index contributed by atoms with van der Waals surface area (Å²) in [6.07, 6.45) is 4.65. The lowest BCUT2D eigenvalue weighted by molar-refractivity contribution is -0.0895. The maximum atomic E-state index is 10.0. The van der Waals surface area contributed by atoms with Gasteiger partial charge in [-0.2, -0.15) is 0 Å². The Bertz CT molecular complexity index is 210. The Morgan fingerprint density at radius 1 is 1.57 bits per heavy atom. The summed E-state index contributed by atoms with van der Waals surface area (Å²) in [5.74, 6) is 1.07. The maximum absolute atomic E-state index is 10.0. The van der Waals surface area contributed by atoms with E-state index in [9.17, 15) is 5.11 Å². The number of allylic oxidation sites excluding steroid dienone is 1. The summed E-state index contributed by atoms with van der Waals surface area (Å²) in [5, 5.41) is 10.0. The van der Waals surface area contributed by atoms with Crippen molar-refractivity contribution in [1.29, 1.82) is 0 Å². The molecular weight excluding hydrogens is 176 g/mol. The molecule has 0 aromatic heterocycles. The predicted molar refractivity (Wildman–Crippen MR) is 58.1 cm³/mol. The zero-order chi connectivity index (χ0) is 10.8. The third kappa shape index (κ3) is 2.37. The van der Waals surface area contributed by atoms with Gasteiger partial charge in [-0.15, -0.1) is 0 Å². The molecule has 0 amide bonds. The Hall–Kier alpha value is -0.340. The van der Waals surface area contributed by atoms with Crippen molar-refractivity contribution in [3.05, 3.63) is 12.2 Å². The summed E-state index contributed by atoms with van der Waals surface area (Å²) in [6.45, 7) is 8.93. The highest BCUT2D eigenvalue weighted by Crippen LogP contribution is 2.32. The van der Waals surface area contributed by atoms with Crippen LogP contribution < -0.4 is 0 Å². The van der Waals surface area contributed by atoms with E-state index < -0.39 is 5.60 Å². The molecule has 1 aliphatic carbocycles. The first-order chi connectivity index (χ1) is 6.49. The molecule has 3 unspecified atom stereocenters. The van der Waals surface area contributed by atoms with Crippen LogP contribution in [0.25, 0.3) is 0 Å². The molecule has 82 valence electrons. The van der Waals surface area contributed by atoms with Crippen LogP contribution in [0.4, 0.5) is 0 Å². The van der Waals surface area contributed by atoms with Crippen LogP contribution in [0.15, 0.2) is 12.2 Å². The minimum Gasteiger partial charge on any atom is -0.390 e. The first-order valence-electron chi connectivity index (χ1n) is 5.51. The van der Waals surface area contributed by atoms with E-state index in [0.717, 1.165) is 6.42 Å². The van der Waals surface area contributed by atoms with Gasteiger partial charge in [0.25, 0.3) is 0 Å². The van der Waals surface area contributed by atoms with E-state index >= 15 is 0 Å². The Labute approximate surface area is 87.0 Å². The smallest absolute Gasteiger partial charge is 0.109 e. The van der Waals surface area contributed by atoms with Gasteiger partial charge in [-0.05, 0) is 32.1 Å². The number of aliphatic hydroxyl groups excluding tert-OH is 1. The van der Waals surface area contributed by atoms with Crippen LogP contribution in [0.5, 0.6) is 0 Å². The largest absolute Gasteiger partial charge is 0.390 e. The van der Waals surface area contributed by atoms with Crippen molar-refractivity contribution >= 4 is 0 Å². The molecule has 0 radical (unpaired) electrons. The third-order valence-electron chi connectivity index (χ3n) is 3.14. The first-order valence-corrected chi connectivity index (χ1v) is 5.51. The van der Waals surface area contributed by atoms with Gasteiger partial charge in [0, 0.05) is 6.61 Å². The lowest BCUT2D eigenvalue weighted by Crippen LogP contribution is -2.44. The van der Waals surface area contributed by atoms with E-state index in [1.807, 2.05) is 19.9 Å². The summed E-state index contributed by atoms with van der Waals surface area (Å²) in [6, 6.07) is 0. The Morgan fingerprint density at radius 2 is 2.21 bits per heavy atom. The van der Waals surface area contributed by atoms with Crippen molar-refractivity contribution in [2.24, 2.45) is 11.8 Å². The van der Waals surface area contributed by atoms with E-state index in [1.165, 1.54) is 0 Å². The van der Waals surface area contributed by atoms with Crippen molar-refractivity contribution in [3.63, 3.8) is 0 Å². The lowest BCUT2D eigenvalue weighted by Gasteiger charge is -2.38. The molecule has 0 aromatic carbocycles. The summed E-state index contributed by atoms with van der Waals surface area (Å²) in [4.78, 5) is 0. The average molecular weight is 198 g/mol. The van der Waals surface area contributed by atoms with E-state index in [4.69, 9.17) is 4.74 Å². The fraction of sp³-hybridized carbons (Fsp3) is 0.833. The standard InChI is InChI=1S/C12H22O2/c1-5-14-12(4)7-6-10(9(2)3)8-11(12)13/h6-7,9-11,13H,5,8H2,1-4H3. The van der Waals surface area contributed by atoms with E-state index in [2.05, 4.69) is 19.9 Å². The molecule has 2 nitrogen and oxygen atoms in total. The Balaban J connectivity index is 2.71. The molecule has 14 heavy (non-hydrogen) atoms. The molecular formula is C12H22O2. The minimum atomic E-state index is -0.472. The van der Waals surface area contributed by atoms with Crippen molar-refractivity contribution in [2.45, 2.75) is 45.8 Å². The topological polar surface area (TPSA) is 29.5 Å². The van der Waals surface area contributed by atoms with E-state index in [0.29, 0.717) is 18.4 Å². The molecule has 0 saturated carbocycles. The highest BCUT2D eigenvalue weighted by Gasteiger charge is 2.36. The van der Waals surface area contributed by atoms with Gasteiger partial charge in [-0.3, -0.25) is 0 Å². The number of aliphatic hydroxyl groups is 1. The summed E-state index contributed by atoms with van der Waals surface area (Å²) < 4.78 is 5.57. The van der Waals surface area contributed by atoms with E-state index in [1.54, 1.807) is 0 Å². The van der Waals surface area contributed by atoms with Crippen molar-refractivity contribution in [2.75, 3.05) is 6.61 Å². The lowest BCUT2D eigenvalue weighted by atomic mass is 9.79. The van der Waals surface area contributed by atoms with Crippen LogP contribution >= 0.6 is 0 Å². The van der Waals surface area contributed by atoms with Gasteiger partial charge in [0.15, 0.2) is 0 Å². The Kier molecular flexibility index (Phi) is 3.73. The Morgan fingerprint density at radius 3 is 2.64 bits per heavy atom. The van der Waals surface area contributed by atoms with Crippen LogP contribution in [0.1, 0.15) is 34.1 Å². The quantitative estimate of drug-likeness (QED) is 0.705. The molecule has 1 rings (SSSR count). The highest BCUT2D eigenvalue weighted by molar-refractivity contribution is 5.11. The van der Waals surface area contributed by atoms with Crippen LogP contribution in [-0.2, 0) is 4.74 Å². The van der Waals surface area contributed by atoms with Gasteiger partial charge in [0.05, 0.1) is 6.10 Å². The normalized spacial score (nSPS) is 37.9. The summed E-state index contributed by atoms with van der Waals surface area (Å²) >= 11 is 0. The van der Waals surface area contributed by atoms with Crippen LogP contribution in [0.3, 0.4) is 0 Å². The van der Waals surface area contributed by atoms with Crippen LogP contribution in [0, 0.1) is 11.8 Å². The summed E-state index contributed by atoms with van der Waals surface area (Å²) in [7, 11) is 0. The van der Waals surface area contributed by atoms with Crippen LogP contribution in [0.2, 0.25) is 0 Å². The van der Waals surface area contributed by atoms with Crippen molar-refractivity contribution < 1.29 is 9.84 Å². The highest BCUT2D eigenvalue weighted by atomic mass is 16.5. The molecule has 0 bridgehead atoms. The molecule has 3 atom stereocenters. The number of ether oxygens (including phenoxy) is 1. The van der Waals surface area contributed by atoms with E-state index in [-0.39, 0.29) is 6.10 Å². The molecule has 0 spiro atoms. The molecule has 1 aliphatic rings. The molecule has 0 heterocycles. The first kappa shape index (κ1) is 11.7. The van der Waals surface area contributed by atoms with Gasteiger partial charge in [-0.1, -0.05) is 26.0 Å². The summed E-state index contributed by atoms with van der Waals surface area (Å²) in [5.41, 5.74) is -0.472. The van der Waals surface area contributed by atoms with Gasteiger partial charge >= 0.3 is 0 Å². The number of hydrogen-bond acceptors (Lipinski definition) is 2. The molecule has 2 heteroatoms. The van der Waals surface area contributed by atoms with Gasteiger partial charge in [-0.25, -0.2) is 0 Å². The van der Waals surface area contributed by atoms with Gasteiger partial charge in [0.2, 0.25) is 0 Å². The average Bonchev–Trinajstić information content (AvgIpc) is 2.10. The van der Waals surface area contributed by atoms with Crippen molar-refractivity contribution in [1.82, 2.24) is 0 Å². The zero-order valence-corrected chi connectivity index (χ0v) is 9.66. The second-order valence-electron chi connectivity index (χ2n) is 4.64. The fourth-order valence-electron chi connectivity index (χ4n) is 1.95.